The van der Waals surface area contributed by atoms with Crippen LogP contribution in [0.1, 0.15) is 62.2 Å². The molecule has 1 saturated heterocycles. The third-order valence-electron chi connectivity index (χ3n) is 6.19. The predicted octanol–water partition coefficient (Wildman–Crippen LogP) is 3.13. The largest absolute Gasteiger partial charge is 0.350 e. The minimum absolute atomic E-state index is 0. The molecule has 1 aliphatic heterocycles. The minimum atomic E-state index is -0.797. The Morgan fingerprint density at radius 3 is 2.48 bits per heavy atom. The average Bonchev–Trinajstić information content (AvgIpc) is 3.09. The molecule has 1 saturated carbocycles. The Labute approximate surface area is 168 Å². The van der Waals surface area contributed by atoms with Crippen molar-refractivity contribution in [2.75, 3.05) is 13.1 Å². The Morgan fingerprint density at radius 2 is 1.85 bits per heavy atom. The van der Waals surface area contributed by atoms with Crippen molar-refractivity contribution in [1.29, 1.82) is 0 Å². The molecule has 0 radical (unpaired) electrons. The van der Waals surface area contributed by atoms with Crippen molar-refractivity contribution in [1.82, 2.24) is 10.2 Å². The number of benzene rings is 1. The van der Waals surface area contributed by atoms with Crippen LogP contribution in [0.25, 0.3) is 0 Å². The van der Waals surface area contributed by atoms with Gasteiger partial charge in [-0.25, -0.2) is 0 Å². The van der Waals surface area contributed by atoms with Gasteiger partial charge in [0.05, 0.1) is 0 Å². The summed E-state index contributed by atoms with van der Waals surface area (Å²) in [5.41, 5.74) is 5.82. The van der Waals surface area contributed by atoms with Crippen LogP contribution in [0.15, 0.2) is 30.3 Å². The van der Waals surface area contributed by atoms with Crippen LogP contribution < -0.4 is 11.1 Å². The molecular formula is C21H32ClN3O2. The fourth-order valence-electron chi connectivity index (χ4n) is 4.49. The summed E-state index contributed by atoms with van der Waals surface area (Å²) in [6, 6.07) is 9.23. The van der Waals surface area contributed by atoms with E-state index in [1.54, 1.807) is 4.90 Å². The van der Waals surface area contributed by atoms with Crippen molar-refractivity contribution >= 4 is 24.2 Å². The zero-order chi connectivity index (χ0) is 18.6. The van der Waals surface area contributed by atoms with E-state index in [2.05, 4.69) is 5.32 Å². The summed E-state index contributed by atoms with van der Waals surface area (Å²) in [6.45, 7) is 2.97. The molecule has 2 unspecified atom stereocenters. The SMILES string of the molecule is CC1(C(=O)NC(CN)C2CCCCC2)CCCN1C(=O)c1ccccc1.Cl. The van der Waals surface area contributed by atoms with Gasteiger partial charge in [-0.2, -0.15) is 0 Å². The third-order valence-corrected chi connectivity index (χ3v) is 6.19. The molecule has 2 amide bonds. The lowest BCUT2D eigenvalue weighted by Crippen LogP contribution is -2.59. The number of nitrogens with zero attached hydrogens (tertiary/aromatic N) is 1. The Kier molecular flexibility index (Phi) is 7.68. The first kappa shape index (κ1) is 21.7. The molecule has 150 valence electrons. The van der Waals surface area contributed by atoms with Crippen LogP contribution in [-0.2, 0) is 4.79 Å². The summed E-state index contributed by atoms with van der Waals surface area (Å²) in [4.78, 5) is 27.9. The second kappa shape index (κ2) is 9.56. The molecule has 3 N–H and O–H groups in total. The standard InChI is InChI=1S/C21H31N3O2.ClH/c1-21(20(26)23-18(15-22)16-9-4-2-5-10-16)13-8-14-24(21)19(25)17-11-6-3-7-12-17;/h3,6-7,11-12,16,18H,2,4-5,8-10,13-15,22H2,1H3,(H,23,26);1H. The number of carbonyl (C=O) groups is 2. The highest BCUT2D eigenvalue weighted by Crippen LogP contribution is 2.32. The highest BCUT2D eigenvalue weighted by atomic mass is 35.5. The van der Waals surface area contributed by atoms with Gasteiger partial charge >= 0.3 is 0 Å². The van der Waals surface area contributed by atoms with Gasteiger partial charge in [0.1, 0.15) is 5.54 Å². The molecule has 1 aromatic rings. The normalized spacial score (nSPS) is 24.1. The summed E-state index contributed by atoms with van der Waals surface area (Å²) in [6.07, 6.45) is 7.51. The van der Waals surface area contributed by atoms with E-state index < -0.39 is 5.54 Å². The molecular weight excluding hydrogens is 362 g/mol. The summed E-state index contributed by atoms with van der Waals surface area (Å²) in [5, 5.41) is 3.20. The highest BCUT2D eigenvalue weighted by molar-refractivity contribution is 5.99. The fourth-order valence-corrected chi connectivity index (χ4v) is 4.49. The maximum absolute atomic E-state index is 13.2. The van der Waals surface area contributed by atoms with Crippen LogP contribution in [0, 0.1) is 5.92 Å². The molecule has 2 atom stereocenters. The Balaban J connectivity index is 0.00000261. The van der Waals surface area contributed by atoms with Crippen LogP contribution in [0.3, 0.4) is 0 Å². The van der Waals surface area contributed by atoms with Crippen molar-refractivity contribution in [3.63, 3.8) is 0 Å². The molecule has 27 heavy (non-hydrogen) atoms. The number of rotatable bonds is 5. The van der Waals surface area contributed by atoms with Gasteiger partial charge in [-0.1, -0.05) is 37.5 Å². The zero-order valence-electron chi connectivity index (χ0n) is 16.2. The van der Waals surface area contributed by atoms with E-state index in [9.17, 15) is 9.59 Å². The van der Waals surface area contributed by atoms with Crippen LogP contribution in [-0.4, -0.2) is 41.4 Å². The van der Waals surface area contributed by atoms with Gasteiger partial charge < -0.3 is 16.0 Å². The third kappa shape index (κ3) is 4.64. The summed E-state index contributed by atoms with van der Waals surface area (Å²) in [5.74, 6) is 0.337. The van der Waals surface area contributed by atoms with Crippen LogP contribution in [0.5, 0.6) is 0 Å². The lowest BCUT2D eigenvalue weighted by Gasteiger charge is -2.37. The van der Waals surface area contributed by atoms with Crippen molar-refractivity contribution in [3.8, 4) is 0 Å². The second-order valence-corrected chi connectivity index (χ2v) is 7.91. The molecule has 0 aromatic heterocycles. The highest BCUT2D eigenvalue weighted by Gasteiger charge is 2.46. The molecule has 1 aliphatic carbocycles. The lowest BCUT2D eigenvalue weighted by atomic mass is 9.83. The molecule has 3 rings (SSSR count). The first-order valence-corrected chi connectivity index (χ1v) is 9.94. The predicted molar refractivity (Wildman–Crippen MR) is 110 cm³/mol. The van der Waals surface area contributed by atoms with Gasteiger partial charge in [0.15, 0.2) is 0 Å². The summed E-state index contributed by atoms with van der Waals surface area (Å²) >= 11 is 0. The van der Waals surface area contributed by atoms with Crippen molar-refractivity contribution in [2.45, 2.75) is 63.5 Å². The number of halogens is 1. The molecule has 0 spiro atoms. The lowest BCUT2D eigenvalue weighted by molar-refractivity contribution is -0.131. The summed E-state index contributed by atoms with van der Waals surface area (Å²) < 4.78 is 0. The van der Waals surface area contributed by atoms with Gasteiger partial charge in [-0.05, 0) is 50.7 Å². The van der Waals surface area contributed by atoms with E-state index in [-0.39, 0.29) is 30.3 Å². The Hall–Kier alpha value is -1.59. The van der Waals surface area contributed by atoms with Crippen molar-refractivity contribution in [2.24, 2.45) is 11.7 Å². The number of likely N-dealkylation sites (tertiary alicyclic amines) is 1. The van der Waals surface area contributed by atoms with Gasteiger partial charge in [0, 0.05) is 24.7 Å². The molecule has 2 aliphatic rings. The monoisotopic (exact) mass is 393 g/mol. The molecule has 1 aromatic carbocycles. The fraction of sp³-hybridized carbons (Fsp3) is 0.619. The molecule has 5 nitrogen and oxygen atoms in total. The van der Waals surface area contributed by atoms with Gasteiger partial charge in [-0.15, -0.1) is 12.4 Å². The first-order chi connectivity index (χ1) is 12.6. The number of nitrogens with one attached hydrogen (secondary N) is 1. The number of hydrogen-bond donors (Lipinski definition) is 2. The zero-order valence-corrected chi connectivity index (χ0v) is 17.0. The quantitative estimate of drug-likeness (QED) is 0.806. The molecule has 0 bridgehead atoms. The van der Waals surface area contributed by atoms with Gasteiger partial charge in [-0.3, -0.25) is 9.59 Å². The van der Waals surface area contributed by atoms with Crippen molar-refractivity contribution in [3.05, 3.63) is 35.9 Å². The second-order valence-electron chi connectivity index (χ2n) is 7.91. The maximum atomic E-state index is 13.2. The van der Waals surface area contributed by atoms with Crippen LogP contribution in [0.4, 0.5) is 0 Å². The van der Waals surface area contributed by atoms with E-state index in [0.29, 0.717) is 31.0 Å². The number of amides is 2. The van der Waals surface area contributed by atoms with Crippen molar-refractivity contribution < 1.29 is 9.59 Å². The molecule has 1 heterocycles. The smallest absolute Gasteiger partial charge is 0.254 e. The average molecular weight is 394 g/mol. The van der Waals surface area contributed by atoms with E-state index in [0.717, 1.165) is 19.3 Å². The van der Waals surface area contributed by atoms with E-state index in [1.807, 2.05) is 37.3 Å². The summed E-state index contributed by atoms with van der Waals surface area (Å²) in [7, 11) is 0. The number of hydrogen-bond acceptors (Lipinski definition) is 3. The van der Waals surface area contributed by atoms with Crippen LogP contribution >= 0.6 is 12.4 Å². The topological polar surface area (TPSA) is 75.4 Å². The maximum Gasteiger partial charge on any atom is 0.254 e. The Bertz CT molecular complexity index is 634. The number of carbonyl (C=O) groups excluding carboxylic acids is 2. The van der Waals surface area contributed by atoms with Crippen LogP contribution in [0.2, 0.25) is 0 Å². The number of nitrogens with two attached hydrogens (primary N) is 1. The molecule has 6 heteroatoms. The first-order valence-electron chi connectivity index (χ1n) is 9.94. The molecule has 2 fully saturated rings. The van der Waals surface area contributed by atoms with Gasteiger partial charge in [0.25, 0.3) is 5.91 Å². The Morgan fingerprint density at radius 1 is 1.19 bits per heavy atom. The van der Waals surface area contributed by atoms with E-state index in [1.165, 1.54) is 19.3 Å². The van der Waals surface area contributed by atoms with Gasteiger partial charge in [0.2, 0.25) is 5.91 Å². The minimum Gasteiger partial charge on any atom is -0.350 e. The van der Waals surface area contributed by atoms with E-state index >= 15 is 0 Å². The van der Waals surface area contributed by atoms with E-state index in [4.69, 9.17) is 5.73 Å².